The minimum atomic E-state index is -4.47. The van der Waals surface area contributed by atoms with E-state index in [2.05, 4.69) is 4.72 Å². The first-order valence-electron chi connectivity index (χ1n) is 8.73. The summed E-state index contributed by atoms with van der Waals surface area (Å²) in [6.45, 7) is 0. The normalized spacial score (nSPS) is 11.4. The number of carbonyl (C=O) groups excluding carboxylic acids is 1. The molecule has 3 aromatic carbocycles. The number of hydrogen-bond acceptors (Lipinski definition) is 4. The van der Waals surface area contributed by atoms with Crippen molar-refractivity contribution in [3.63, 3.8) is 0 Å². The summed E-state index contributed by atoms with van der Waals surface area (Å²) in [5.74, 6) is -1.98. The highest BCUT2D eigenvalue weighted by Gasteiger charge is 2.23. The molecule has 0 aliphatic heterocycles. The molecule has 3 aromatic rings. The number of rotatable bonds is 7. The average Bonchev–Trinajstić information content (AvgIpc) is 2.72. The van der Waals surface area contributed by atoms with Gasteiger partial charge in [0.25, 0.3) is 10.0 Å². The fraction of sp³-hybridized carbons (Fsp3) is 0.0455. The van der Waals surface area contributed by atoms with Gasteiger partial charge in [0.1, 0.15) is 17.4 Å². The van der Waals surface area contributed by atoms with E-state index in [-0.39, 0.29) is 11.5 Å². The summed E-state index contributed by atoms with van der Waals surface area (Å²) >= 11 is 0. The topological polar surface area (TPSA) is 72.5 Å². The number of ketones is 1. The Morgan fingerprint density at radius 1 is 0.933 bits per heavy atom. The Balaban J connectivity index is 1.72. The molecule has 1 N–H and O–H groups in total. The van der Waals surface area contributed by atoms with Gasteiger partial charge in [-0.1, -0.05) is 24.3 Å². The van der Waals surface area contributed by atoms with Crippen LogP contribution >= 0.6 is 0 Å². The van der Waals surface area contributed by atoms with E-state index in [1.165, 1.54) is 30.3 Å². The minimum absolute atomic E-state index is 0.0633. The smallest absolute Gasteiger partial charge is 0.267 e. The molecule has 154 valence electrons. The number of ether oxygens (including phenoxy) is 1. The van der Waals surface area contributed by atoms with Gasteiger partial charge in [-0.25, -0.2) is 17.2 Å². The Kier molecular flexibility index (Phi) is 6.27. The van der Waals surface area contributed by atoms with Crippen molar-refractivity contribution >= 4 is 27.6 Å². The van der Waals surface area contributed by atoms with Crippen molar-refractivity contribution in [2.24, 2.45) is 0 Å². The average molecular weight is 429 g/mol. The van der Waals surface area contributed by atoms with E-state index in [9.17, 15) is 22.0 Å². The van der Waals surface area contributed by atoms with E-state index in [4.69, 9.17) is 4.74 Å². The number of nitrogens with one attached hydrogen (secondary N) is 1. The van der Waals surface area contributed by atoms with Crippen molar-refractivity contribution in [2.45, 2.75) is 4.90 Å². The van der Waals surface area contributed by atoms with Gasteiger partial charge in [-0.05, 0) is 60.2 Å². The van der Waals surface area contributed by atoms with Crippen LogP contribution < -0.4 is 9.46 Å². The van der Waals surface area contributed by atoms with E-state index >= 15 is 0 Å². The lowest BCUT2D eigenvalue weighted by atomic mass is 10.1. The standard InChI is InChI=1S/C22H17F2NO4S/c1-29-18-12-5-15(6-13-18)7-14-21(26)16-8-10-17(11-9-16)25-30(27,28)22-19(23)3-2-4-20(22)24/h2-14,25H,1H3/b14-7+. The first-order chi connectivity index (χ1) is 14.3. The zero-order valence-corrected chi connectivity index (χ0v) is 16.6. The second kappa shape index (κ2) is 8.87. The summed E-state index contributed by atoms with van der Waals surface area (Å²) in [5.41, 5.74) is 1.19. The number of hydrogen-bond donors (Lipinski definition) is 1. The van der Waals surface area contributed by atoms with E-state index in [0.29, 0.717) is 11.3 Å². The zero-order chi connectivity index (χ0) is 21.7. The number of methoxy groups -OCH3 is 1. The molecule has 0 spiro atoms. The van der Waals surface area contributed by atoms with Crippen LogP contribution in [0.3, 0.4) is 0 Å². The monoisotopic (exact) mass is 429 g/mol. The van der Waals surface area contributed by atoms with Crippen molar-refractivity contribution in [2.75, 3.05) is 11.8 Å². The molecule has 0 saturated heterocycles. The van der Waals surface area contributed by atoms with Gasteiger partial charge in [0.2, 0.25) is 0 Å². The SMILES string of the molecule is COc1ccc(/C=C/C(=O)c2ccc(NS(=O)(=O)c3c(F)cccc3F)cc2)cc1. The number of allylic oxidation sites excluding steroid dienone is 1. The van der Waals surface area contributed by atoms with Crippen molar-refractivity contribution in [1.82, 2.24) is 0 Å². The molecule has 3 rings (SSSR count). The molecule has 5 nitrogen and oxygen atoms in total. The fourth-order valence-corrected chi connectivity index (χ4v) is 3.83. The van der Waals surface area contributed by atoms with Crippen molar-refractivity contribution in [3.05, 3.63) is 95.6 Å². The maximum absolute atomic E-state index is 13.8. The summed E-state index contributed by atoms with van der Waals surface area (Å²) in [5, 5.41) is 0. The molecule has 0 saturated carbocycles. The first kappa shape index (κ1) is 21.2. The summed E-state index contributed by atoms with van der Waals surface area (Å²) in [6.07, 6.45) is 3.02. The molecule has 0 aliphatic rings. The third-order valence-corrected chi connectivity index (χ3v) is 5.58. The van der Waals surface area contributed by atoms with Gasteiger partial charge in [-0.15, -0.1) is 0 Å². The van der Waals surface area contributed by atoms with E-state index in [0.717, 1.165) is 23.8 Å². The minimum Gasteiger partial charge on any atom is -0.497 e. The van der Waals surface area contributed by atoms with Gasteiger partial charge >= 0.3 is 0 Å². The predicted octanol–water partition coefficient (Wildman–Crippen LogP) is 4.67. The Bertz CT molecular complexity index is 1170. The number of carbonyl (C=O) groups is 1. The Hall–Kier alpha value is -3.52. The van der Waals surface area contributed by atoms with E-state index < -0.39 is 26.6 Å². The molecule has 0 aliphatic carbocycles. The highest BCUT2D eigenvalue weighted by molar-refractivity contribution is 7.92. The van der Waals surface area contributed by atoms with Crippen molar-refractivity contribution in [3.8, 4) is 5.75 Å². The lowest BCUT2D eigenvalue weighted by Crippen LogP contribution is -2.16. The molecule has 0 heterocycles. The molecule has 8 heteroatoms. The molecule has 0 unspecified atom stereocenters. The number of halogens is 2. The molecule has 0 bridgehead atoms. The predicted molar refractivity (Wildman–Crippen MR) is 110 cm³/mol. The van der Waals surface area contributed by atoms with Gasteiger partial charge in [-0.2, -0.15) is 0 Å². The third kappa shape index (κ3) is 4.90. The van der Waals surface area contributed by atoms with Crippen LogP contribution in [0.25, 0.3) is 6.08 Å². The largest absolute Gasteiger partial charge is 0.497 e. The Labute approximate surface area is 172 Å². The molecule has 0 aromatic heterocycles. The van der Waals surface area contributed by atoms with E-state index in [1.54, 1.807) is 37.5 Å². The number of sulfonamides is 1. The second-order valence-corrected chi connectivity index (χ2v) is 7.82. The van der Waals surface area contributed by atoms with Gasteiger partial charge in [-0.3, -0.25) is 9.52 Å². The molecular formula is C22H17F2NO4S. The maximum atomic E-state index is 13.8. The van der Waals surface area contributed by atoms with Crippen LogP contribution in [0.1, 0.15) is 15.9 Å². The summed E-state index contributed by atoms with van der Waals surface area (Å²) in [6, 6.07) is 15.4. The van der Waals surface area contributed by atoms with Gasteiger partial charge in [0.15, 0.2) is 10.7 Å². The van der Waals surface area contributed by atoms with Crippen LogP contribution in [-0.2, 0) is 10.0 Å². The quantitative estimate of drug-likeness (QED) is 0.438. The lowest BCUT2D eigenvalue weighted by molar-refractivity contribution is 0.104. The molecule has 0 fully saturated rings. The number of anilines is 1. The van der Waals surface area contributed by atoms with Crippen LogP contribution in [0.4, 0.5) is 14.5 Å². The van der Waals surface area contributed by atoms with Gasteiger partial charge in [0, 0.05) is 11.3 Å². The fourth-order valence-electron chi connectivity index (χ4n) is 2.63. The van der Waals surface area contributed by atoms with Crippen molar-refractivity contribution < 1.29 is 26.7 Å². The number of benzene rings is 3. The molecular weight excluding hydrogens is 412 g/mol. The first-order valence-corrected chi connectivity index (χ1v) is 10.2. The van der Waals surface area contributed by atoms with Crippen LogP contribution in [0.5, 0.6) is 5.75 Å². The molecule has 30 heavy (non-hydrogen) atoms. The third-order valence-electron chi connectivity index (χ3n) is 4.15. The molecule has 0 amide bonds. The molecule has 0 radical (unpaired) electrons. The second-order valence-electron chi connectivity index (χ2n) is 6.20. The zero-order valence-electron chi connectivity index (χ0n) is 15.8. The van der Waals surface area contributed by atoms with Crippen LogP contribution in [-0.4, -0.2) is 21.3 Å². The summed E-state index contributed by atoms with van der Waals surface area (Å²) in [4.78, 5) is 11.2. The molecule has 0 atom stereocenters. The summed E-state index contributed by atoms with van der Waals surface area (Å²) < 4.78 is 59.3. The van der Waals surface area contributed by atoms with Crippen LogP contribution in [0.2, 0.25) is 0 Å². The summed E-state index contributed by atoms with van der Waals surface area (Å²) in [7, 11) is -2.91. The lowest BCUT2D eigenvalue weighted by Gasteiger charge is -2.10. The van der Waals surface area contributed by atoms with E-state index in [1.807, 2.05) is 0 Å². The highest BCUT2D eigenvalue weighted by atomic mass is 32.2. The Morgan fingerprint density at radius 3 is 2.10 bits per heavy atom. The van der Waals surface area contributed by atoms with Crippen LogP contribution in [0.15, 0.2) is 77.7 Å². The van der Waals surface area contributed by atoms with Gasteiger partial charge in [0.05, 0.1) is 7.11 Å². The maximum Gasteiger partial charge on any atom is 0.267 e. The Morgan fingerprint density at radius 2 is 1.53 bits per heavy atom. The van der Waals surface area contributed by atoms with Gasteiger partial charge < -0.3 is 4.74 Å². The van der Waals surface area contributed by atoms with Crippen molar-refractivity contribution in [1.29, 1.82) is 0 Å². The highest BCUT2D eigenvalue weighted by Crippen LogP contribution is 2.22. The van der Waals surface area contributed by atoms with Crippen LogP contribution in [0, 0.1) is 11.6 Å².